The fourth-order valence-corrected chi connectivity index (χ4v) is 3.40. The molecule has 2 heterocycles. The number of nitrogens with one attached hydrogen (secondary N) is 2. The van der Waals surface area contributed by atoms with Crippen LogP contribution in [0.1, 0.15) is 38.1 Å². The van der Waals surface area contributed by atoms with Crippen LogP contribution in [0.25, 0.3) is 0 Å². The van der Waals surface area contributed by atoms with E-state index in [2.05, 4.69) is 51.7 Å². The van der Waals surface area contributed by atoms with E-state index in [0.29, 0.717) is 12.6 Å². The number of nitrogens with zero attached hydrogens (tertiary/aromatic N) is 3. The zero-order chi connectivity index (χ0) is 19.8. The molecule has 1 unspecified atom stereocenters. The maximum Gasteiger partial charge on any atom is 0.191 e. The van der Waals surface area contributed by atoms with Gasteiger partial charge in [-0.1, -0.05) is 18.1 Å². The fraction of sp³-hybridized carbons (Fsp3) is 0.524. The minimum Gasteiger partial charge on any atom is -0.497 e. The van der Waals surface area contributed by atoms with Crippen molar-refractivity contribution < 1.29 is 9.26 Å². The number of hydrogen-bond acceptors (Lipinski definition) is 5. The van der Waals surface area contributed by atoms with Crippen LogP contribution in [0, 0.1) is 0 Å². The van der Waals surface area contributed by atoms with Crippen molar-refractivity contribution in [2.45, 2.75) is 45.7 Å². The van der Waals surface area contributed by atoms with E-state index in [0.717, 1.165) is 62.1 Å². The molecule has 29 heavy (non-hydrogen) atoms. The van der Waals surface area contributed by atoms with Gasteiger partial charge < -0.3 is 24.8 Å². The van der Waals surface area contributed by atoms with Crippen molar-refractivity contribution in [2.24, 2.45) is 4.99 Å². The summed E-state index contributed by atoms with van der Waals surface area (Å²) in [5.41, 5.74) is 2.16. The predicted molar refractivity (Wildman–Crippen MR) is 127 cm³/mol. The van der Waals surface area contributed by atoms with Crippen molar-refractivity contribution in [3.05, 3.63) is 41.8 Å². The quantitative estimate of drug-likeness (QED) is 0.335. The van der Waals surface area contributed by atoms with E-state index in [1.165, 1.54) is 5.69 Å². The summed E-state index contributed by atoms with van der Waals surface area (Å²) in [4.78, 5) is 7.07. The molecule has 1 aromatic carbocycles. The molecule has 0 radical (unpaired) electrons. The van der Waals surface area contributed by atoms with Gasteiger partial charge in [-0.25, -0.2) is 4.99 Å². The van der Waals surface area contributed by atoms with Crippen LogP contribution in [0.15, 0.2) is 39.8 Å². The molecule has 1 aliphatic heterocycles. The van der Waals surface area contributed by atoms with Gasteiger partial charge in [0.2, 0.25) is 0 Å². The Bertz CT molecular complexity index is 780. The smallest absolute Gasteiger partial charge is 0.191 e. The molecule has 0 amide bonds. The zero-order valence-electron chi connectivity index (χ0n) is 17.5. The molecule has 2 aromatic rings. The van der Waals surface area contributed by atoms with Gasteiger partial charge in [0, 0.05) is 43.5 Å². The monoisotopic (exact) mass is 513 g/mol. The molecule has 3 rings (SSSR count). The third kappa shape index (κ3) is 6.80. The van der Waals surface area contributed by atoms with Crippen LogP contribution in [0.3, 0.4) is 0 Å². The normalized spacial score (nSPS) is 16.9. The number of ether oxygens (including phenoxy) is 1. The maximum atomic E-state index is 5.37. The number of methoxy groups -OCH3 is 1. The Labute approximate surface area is 190 Å². The van der Waals surface area contributed by atoms with Crippen molar-refractivity contribution in [2.75, 3.05) is 31.6 Å². The maximum absolute atomic E-state index is 5.37. The van der Waals surface area contributed by atoms with Crippen LogP contribution in [0.2, 0.25) is 0 Å². The average molecular weight is 513 g/mol. The Morgan fingerprint density at radius 1 is 1.34 bits per heavy atom. The summed E-state index contributed by atoms with van der Waals surface area (Å²) in [5.74, 6) is 2.49. The number of benzene rings is 1. The first-order chi connectivity index (χ1) is 13.7. The first-order valence-electron chi connectivity index (χ1n) is 10.1. The van der Waals surface area contributed by atoms with Gasteiger partial charge in [-0.3, -0.25) is 0 Å². The van der Waals surface area contributed by atoms with Crippen molar-refractivity contribution in [3.63, 3.8) is 0 Å². The van der Waals surface area contributed by atoms with E-state index in [-0.39, 0.29) is 24.0 Å². The van der Waals surface area contributed by atoms with Crippen LogP contribution >= 0.6 is 24.0 Å². The number of anilines is 1. The van der Waals surface area contributed by atoms with Gasteiger partial charge in [0.1, 0.15) is 12.3 Å². The summed E-state index contributed by atoms with van der Waals surface area (Å²) < 4.78 is 10.7. The number of aliphatic imine (C=N–C) groups is 1. The highest BCUT2D eigenvalue weighted by Gasteiger charge is 2.21. The van der Waals surface area contributed by atoms with Crippen LogP contribution in [-0.2, 0) is 13.0 Å². The molecule has 0 spiro atoms. The number of rotatable bonds is 7. The third-order valence-corrected chi connectivity index (χ3v) is 4.89. The van der Waals surface area contributed by atoms with Crippen molar-refractivity contribution in [3.8, 4) is 5.75 Å². The highest BCUT2D eigenvalue weighted by Crippen LogP contribution is 2.24. The molecule has 1 aromatic heterocycles. The number of piperidine rings is 1. The summed E-state index contributed by atoms with van der Waals surface area (Å²) in [6.45, 7) is 7.41. The molecule has 1 fully saturated rings. The summed E-state index contributed by atoms with van der Waals surface area (Å²) in [7, 11) is 1.71. The Hall–Kier alpha value is -1.97. The number of aromatic nitrogens is 1. The van der Waals surface area contributed by atoms with Crippen LogP contribution < -0.4 is 20.3 Å². The second-order valence-electron chi connectivity index (χ2n) is 6.96. The first-order valence-corrected chi connectivity index (χ1v) is 10.1. The fourth-order valence-electron chi connectivity index (χ4n) is 3.40. The van der Waals surface area contributed by atoms with Gasteiger partial charge in [-0.05, 0) is 38.3 Å². The SMILES string of the molecule is CCNC(=NCc1cc(CC)no1)NC1CCCN(c2cccc(OC)c2)C1.I. The van der Waals surface area contributed by atoms with E-state index in [1.807, 2.05) is 18.2 Å². The predicted octanol–water partition coefficient (Wildman–Crippen LogP) is 3.59. The van der Waals surface area contributed by atoms with Gasteiger partial charge in [-0.2, -0.15) is 0 Å². The lowest BCUT2D eigenvalue weighted by Crippen LogP contribution is -2.51. The van der Waals surface area contributed by atoms with E-state index in [9.17, 15) is 0 Å². The van der Waals surface area contributed by atoms with Gasteiger partial charge >= 0.3 is 0 Å². The Morgan fingerprint density at radius 3 is 2.93 bits per heavy atom. The lowest BCUT2D eigenvalue weighted by molar-refractivity contribution is 0.379. The van der Waals surface area contributed by atoms with Crippen LogP contribution in [0.5, 0.6) is 5.75 Å². The van der Waals surface area contributed by atoms with Crippen LogP contribution in [0.4, 0.5) is 5.69 Å². The standard InChI is InChI=1S/C21H31N5O2.HI/c1-4-16-12-20(28-25-16)14-23-21(22-5-2)24-17-8-7-11-26(15-17)18-9-6-10-19(13-18)27-3;/h6,9-10,12-13,17H,4-5,7-8,11,14-15H2,1-3H3,(H2,22,23,24);1H. The van der Waals surface area contributed by atoms with Crippen molar-refractivity contribution in [1.29, 1.82) is 0 Å². The molecule has 7 nitrogen and oxygen atoms in total. The van der Waals surface area contributed by atoms with Crippen molar-refractivity contribution >= 4 is 35.6 Å². The summed E-state index contributed by atoms with van der Waals surface area (Å²) in [5, 5.41) is 10.9. The number of aryl methyl sites for hydroxylation is 1. The van der Waals surface area contributed by atoms with E-state index in [4.69, 9.17) is 9.26 Å². The number of hydrogen-bond donors (Lipinski definition) is 2. The molecule has 1 saturated heterocycles. The van der Waals surface area contributed by atoms with Gasteiger partial charge in [0.05, 0.1) is 12.8 Å². The second kappa shape index (κ2) is 11.9. The van der Waals surface area contributed by atoms with E-state index < -0.39 is 0 Å². The number of halogens is 1. The minimum atomic E-state index is 0. The first kappa shape index (κ1) is 23.3. The van der Waals surface area contributed by atoms with Gasteiger partial charge in [0.15, 0.2) is 11.7 Å². The summed E-state index contributed by atoms with van der Waals surface area (Å²) in [6.07, 6.45) is 3.12. The van der Waals surface area contributed by atoms with Gasteiger partial charge in [0.25, 0.3) is 0 Å². The number of guanidine groups is 1. The van der Waals surface area contributed by atoms with Crippen molar-refractivity contribution in [1.82, 2.24) is 15.8 Å². The van der Waals surface area contributed by atoms with E-state index >= 15 is 0 Å². The molecule has 160 valence electrons. The molecule has 8 heteroatoms. The topological polar surface area (TPSA) is 74.9 Å². The molecule has 1 aliphatic rings. The minimum absolute atomic E-state index is 0. The molecular weight excluding hydrogens is 481 g/mol. The van der Waals surface area contributed by atoms with Gasteiger partial charge in [-0.15, -0.1) is 24.0 Å². The molecule has 0 saturated carbocycles. The highest BCUT2D eigenvalue weighted by molar-refractivity contribution is 14.0. The Kier molecular flexibility index (Phi) is 9.56. The largest absolute Gasteiger partial charge is 0.497 e. The molecule has 2 N–H and O–H groups in total. The Morgan fingerprint density at radius 2 is 2.21 bits per heavy atom. The molecule has 0 aliphatic carbocycles. The highest BCUT2D eigenvalue weighted by atomic mass is 127. The zero-order valence-corrected chi connectivity index (χ0v) is 19.8. The summed E-state index contributed by atoms with van der Waals surface area (Å²) in [6, 6.07) is 10.6. The van der Waals surface area contributed by atoms with Crippen LogP contribution in [-0.4, -0.2) is 43.9 Å². The average Bonchev–Trinajstić information content (AvgIpc) is 3.20. The van der Waals surface area contributed by atoms with E-state index in [1.54, 1.807) is 7.11 Å². The Balaban J connectivity index is 0.00000300. The third-order valence-electron chi connectivity index (χ3n) is 4.89. The molecule has 1 atom stereocenters. The lowest BCUT2D eigenvalue weighted by Gasteiger charge is -2.35. The second-order valence-corrected chi connectivity index (χ2v) is 6.96. The lowest BCUT2D eigenvalue weighted by atomic mass is 10.0. The summed E-state index contributed by atoms with van der Waals surface area (Å²) >= 11 is 0. The molecule has 0 bridgehead atoms. The molecular formula is C21H32IN5O2.